The zero-order chi connectivity index (χ0) is 16.2. The van der Waals surface area contributed by atoms with Crippen LogP contribution < -0.4 is 16.1 Å². The van der Waals surface area contributed by atoms with Gasteiger partial charge in [-0.3, -0.25) is 0 Å². The van der Waals surface area contributed by atoms with Gasteiger partial charge in [-0.15, -0.1) is 15.7 Å². The number of anilines is 1. The maximum absolute atomic E-state index is 4.24. The Morgan fingerprint density at radius 1 is 0.833 bits per heavy atom. The van der Waals surface area contributed by atoms with Crippen molar-refractivity contribution in [1.29, 1.82) is 0 Å². The number of amidine groups is 1. The van der Waals surface area contributed by atoms with Crippen LogP contribution in [0.3, 0.4) is 0 Å². The normalized spacial score (nSPS) is 13.7. The summed E-state index contributed by atoms with van der Waals surface area (Å²) in [5.74, 6) is 0. The molecule has 0 spiro atoms. The van der Waals surface area contributed by atoms with E-state index in [1.165, 1.54) is 21.6 Å². The van der Waals surface area contributed by atoms with Gasteiger partial charge in [-0.05, 0) is 56.3 Å². The summed E-state index contributed by atoms with van der Waals surface area (Å²) in [6.45, 7) is 0. The van der Waals surface area contributed by atoms with Crippen LogP contribution >= 0.6 is 21.6 Å². The van der Waals surface area contributed by atoms with Gasteiger partial charge in [0.05, 0.1) is 11.4 Å². The smallest absolute Gasteiger partial charge is 0.225 e. The summed E-state index contributed by atoms with van der Waals surface area (Å²) in [5, 5.41) is 19.4. The number of benzene rings is 2. The summed E-state index contributed by atoms with van der Waals surface area (Å²) in [5.41, 5.74) is 7.65. The lowest BCUT2D eigenvalue weighted by Crippen LogP contribution is -2.39. The molecule has 1 aliphatic heterocycles. The molecule has 0 saturated carbocycles. The first kappa shape index (κ1) is 15.0. The number of tetrazole rings is 1. The molecule has 0 fully saturated rings. The molecule has 120 valence electrons. The predicted octanol–water partition coefficient (Wildman–Crippen LogP) is 2.20. The first-order valence-corrected chi connectivity index (χ1v) is 9.18. The average Bonchev–Trinajstić information content (AvgIpc) is 3.30. The second-order valence-electron chi connectivity index (χ2n) is 4.66. The van der Waals surface area contributed by atoms with Crippen LogP contribution in [-0.4, -0.2) is 25.4 Å². The van der Waals surface area contributed by atoms with Crippen molar-refractivity contribution in [2.45, 2.75) is 5.16 Å². The first-order valence-electron chi connectivity index (χ1n) is 7.04. The standard InChI is InChI=1S/C14H12N8S2/c1-3-7-11(8-4-1)21-13(15-17-19-21)23-24-14-16-18-20-22(14)12-9-5-2-6-10-12/h1-10,17,19H. The van der Waals surface area contributed by atoms with E-state index in [1.807, 2.05) is 65.7 Å². The number of rotatable bonds is 4. The predicted molar refractivity (Wildman–Crippen MR) is 95.2 cm³/mol. The fourth-order valence-corrected chi connectivity index (χ4v) is 3.90. The number of nitrogens with one attached hydrogen (secondary N) is 2. The fraction of sp³-hybridized carbons (Fsp3) is 0. The second-order valence-corrected chi connectivity index (χ2v) is 6.73. The van der Waals surface area contributed by atoms with Crippen molar-refractivity contribution in [2.75, 3.05) is 5.01 Å². The number of aromatic nitrogens is 4. The molecule has 0 amide bonds. The zero-order valence-corrected chi connectivity index (χ0v) is 13.9. The van der Waals surface area contributed by atoms with Crippen molar-refractivity contribution in [3.63, 3.8) is 0 Å². The molecule has 0 radical (unpaired) electrons. The van der Waals surface area contributed by atoms with Crippen LogP contribution in [0, 0.1) is 0 Å². The highest BCUT2D eigenvalue weighted by atomic mass is 33.1. The van der Waals surface area contributed by atoms with Crippen LogP contribution in [0.4, 0.5) is 5.69 Å². The van der Waals surface area contributed by atoms with E-state index < -0.39 is 0 Å². The van der Waals surface area contributed by atoms with E-state index in [-0.39, 0.29) is 0 Å². The molecular weight excluding hydrogens is 344 g/mol. The molecule has 0 saturated heterocycles. The number of hydrogen-bond acceptors (Lipinski definition) is 9. The fourth-order valence-electron chi connectivity index (χ4n) is 2.07. The molecule has 4 rings (SSSR count). The van der Waals surface area contributed by atoms with Crippen LogP contribution in [0.15, 0.2) is 70.9 Å². The summed E-state index contributed by atoms with van der Waals surface area (Å²) in [4.78, 5) is 0. The Labute approximate surface area is 145 Å². The van der Waals surface area contributed by atoms with Crippen molar-refractivity contribution in [3.8, 4) is 5.69 Å². The maximum Gasteiger partial charge on any atom is 0.225 e. The number of hydrazine groups is 2. The molecule has 10 heteroatoms. The van der Waals surface area contributed by atoms with E-state index in [0.717, 1.165) is 16.5 Å². The molecule has 24 heavy (non-hydrogen) atoms. The minimum absolute atomic E-state index is 0.675. The summed E-state index contributed by atoms with van der Waals surface area (Å²) in [7, 11) is 2.89. The van der Waals surface area contributed by atoms with Crippen molar-refractivity contribution >= 4 is 32.4 Å². The number of para-hydroxylation sites is 2. The monoisotopic (exact) mass is 356 g/mol. The molecule has 3 aromatic rings. The lowest BCUT2D eigenvalue weighted by Gasteiger charge is -2.17. The molecule has 1 aliphatic rings. The van der Waals surface area contributed by atoms with E-state index in [1.54, 1.807) is 4.68 Å². The van der Waals surface area contributed by atoms with Gasteiger partial charge in [0.1, 0.15) is 0 Å². The molecule has 0 aliphatic carbocycles. The van der Waals surface area contributed by atoms with Crippen LogP contribution in [0.1, 0.15) is 0 Å². The van der Waals surface area contributed by atoms with E-state index in [2.05, 4.69) is 31.7 Å². The quantitative estimate of drug-likeness (QED) is 0.689. The topological polar surface area (TPSA) is 83.3 Å². The summed E-state index contributed by atoms with van der Waals surface area (Å²) < 4.78 is 1.70. The van der Waals surface area contributed by atoms with Crippen LogP contribution in [0.2, 0.25) is 0 Å². The third-order valence-electron chi connectivity index (χ3n) is 3.15. The second kappa shape index (κ2) is 6.91. The first-order chi connectivity index (χ1) is 11.9. The summed E-state index contributed by atoms with van der Waals surface area (Å²) in [6, 6.07) is 19.7. The van der Waals surface area contributed by atoms with E-state index >= 15 is 0 Å². The number of hydrazone groups is 1. The molecule has 1 aromatic heterocycles. The Kier molecular flexibility index (Phi) is 4.32. The highest BCUT2D eigenvalue weighted by molar-refractivity contribution is 8.82. The molecule has 8 nitrogen and oxygen atoms in total. The summed E-state index contributed by atoms with van der Waals surface area (Å²) >= 11 is 0. The zero-order valence-electron chi connectivity index (χ0n) is 12.3. The Morgan fingerprint density at radius 3 is 2.29 bits per heavy atom. The van der Waals surface area contributed by atoms with Crippen molar-refractivity contribution < 1.29 is 0 Å². The van der Waals surface area contributed by atoms with Gasteiger partial charge in [-0.25, -0.2) is 10.5 Å². The van der Waals surface area contributed by atoms with Crippen LogP contribution in [-0.2, 0) is 0 Å². The summed E-state index contributed by atoms with van der Waals surface area (Å²) in [6.07, 6.45) is 0. The Hall–Kier alpha value is -2.56. The van der Waals surface area contributed by atoms with Gasteiger partial charge in [-0.1, -0.05) is 36.4 Å². The highest BCUT2D eigenvalue weighted by Gasteiger charge is 2.21. The van der Waals surface area contributed by atoms with Crippen molar-refractivity contribution in [1.82, 2.24) is 31.3 Å². The number of nitrogens with zero attached hydrogens (tertiary/aromatic N) is 6. The van der Waals surface area contributed by atoms with Gasteiger partial charge < -0.3 is 0 Å². The van der Waals surface area contributed by atoms with Crippen molar-refractivity contribution in [3.05, 3.63) is 60.7 Å². The maximum atomic E-state index is 4.24. The van der Waals surface area contributed by atoms with Gasteiger partial charge in [0.2, 0.25) is 10.3 Å². The van der Waals surface area contributed by atoms with Gasteiger partial charge in [-0.2, -0.15) is 4.68 Å². The van der Waals surface area contributed by atoms with Gasteiger partial charge in [0.15, 0.2) is 0 Å². The van der Waals surface area contributed by atoms with E-state index in [0.29, 0.717) is 5.16 Å². The molecule has 2 heterocycles. The average molecular weight is 356 g/mol. The van der Waals surface area contributed by atoms with E-state index in [4.69, 9.17) is 0 Å². The molecule has 0 unspecified atom stereocenters. The minimum atomic E-state index is 0.675. The Balaban J connectivity index is 1.49. The molecule has 2 aromatic carbocycles. The molecular formula is C14H12N8S2. The third kappa shape index (κ3) is 3.07. The molecule has 2 N–H and O–H groups in total. The van der Waals surface area contributed by atoms with Gasteiger partial charge in [0, 0.05) is 0 Å². The molecule has 0 bridgehead atoms. The van der Waals surface area contributed by atoms with Gasteiger partial charge >= 0.3 is 0 Å². The minimum Gasteiger partial charge on any atom is -0.233 e. The Bertz CT molecular complexity index is 836. The lowest BCUT2D eigenvalue weighted by molar-refractivity contribution is 0.623. The number of hydrogen-bond donors (Lipinski definition) is 2. The van der Waals surface area contributed by atoms with Crippen LogP contribution in [0.25, 0.3) is 5.69 Å². The largest absolute Gasteiger partial charge is 0.233 e. The van der Waals surface area contributed by atoms with E-state index in [9.17, 15) is 0 Å². The van der Waals surface area contributed by atoms with Gasteiger partial charge in [0.25, 0.3) is 0 Å². The van der Waals surface area contributed by atoms with Crippen molar-refractivity contribution in [2.24, 2.45) is 5.10 Å². The highest BCUT2D eigenvalue weighted by Crippen LogP contribution is 2.33. The Morgan fingerprint density at radius 2 is 1.54 bits per heavy atom. The van der Waals surface area contributed by atoms with Crippen LogP contribution in [0.5, 0.6) is 0 Å². The molecule has 0 atom stereocenters. The lowest BCUT2D eigenvalue weighted by atomic mass is 10.3. The third-order valence-corrected chi connectivity index (χ3v) is 5.21. The SMILES string of the molecule is c1ccc(N2NNN=C2SSc2nnnn2-c2ccccc2)cc1.